The van der Waals surface area contributed by atoms with Gasteiger partial charge >= 0.3 is 6.09 Å². The minimum Gasteiger partial charge on any atom is -0.410 e. The molecule has 0 saturated carbocycles. The molecule has 4 aromatic rings. The van der Waals surface area contributed by atoms with E-state index in [0.717, 1.165) is 41.1 Å². The van der Waals surface area contributed by atoms with Crippen LogP contribution in [0.15, 0.2) is 61.1 Å². The number of nitrogens with zero attached hydrogens (tertiary/aromatic N) is 7. The highest BCUT2D eigenvalue weighted by Crippen LogP contribution is 2.28. The number of nitro benzene ring substituents is 1. The number of non-ortho nitro benzene ring substituents is 1. The number of aryl methyl sites for hydroxylation is 1. The molecule has 0 atom stereocenters. The fourth-order valence-corrected chi connectivity index (χ4v) is 4.26. The lowest BCUT2D eigenvalue weighted by Gasteiger charge is -2.34. The summed E-state index contributed by atoms with van der Waals surface area (Å²) < 4.78 is 7.15. The van der Waals surface area contributed by atoms with Gasteiger partial charge in [-0.25, -0.2) is 14.3 Å². The largest absolute Gasteiger partial charge is 0.415 e. The Bertz CT molecular complexity index is 1400. The lowest BCUT2D eigenvalue weighted by Crippen LogP contribution is -2.49. The first kappa shape index (κ1) is 23.2. The molecule has 0 N–H and O–H groups in total. The number of amides is 1. The Morgan fingerprint density at radius 2 is 1.86 bits per heavy atom. The lowest BCUT2D eigenvalue weighted by molar-refractivity contribution is -0.384. The van der Waals surface area contributed by atoms with E-state index in [1.165, 1.54) is 24.3 Å². The van der Waals surface area contributed by atoms with Crippen LogP contribution in [-0.4, -0.2) is 61.7 Å². The Morgan fingerprint density at radius 1 is 1.08 bits per heavy atom. The summed E-state index contributed by atoms with van der Waals surface area (Å²) in [4.78, 5) is 36.1. The first-order valence-corrected chi connectivity index (χ1v) is 11.8. The molecule has 1 amide bonds. The standard InChI is InChI=1S/C25H25N7O4/c1-2-4-22-20(5-3-11-26-22)21-17-27-31-12-10-23(28-24(21)31)29-13-15-30(16-14-29)25(33)36-19-8-6-18(7-9-19)32(34)35/h3,5-12,17H,2,4,13-16H2,1H3. The van der Waals surface area contributed by atoms with Crippen LogP contribution in [0.2, 0.25) is 0 Å². The van der Waals surface area contributed by atoms with Gasteiger partial charge < -0.3 is 14.5 Å². The lowest BCUT2D eigenvalue weighted by atomic mass is 10.0. The molecule has 11 nitrogen and oxygen atoms in total. The third kappa shape index (κ3) is 4.67. The minimum atomic E-state index is -0.496. The second-order valence-corrected chi connectivity index (χ2v) is 8.45. The first-order chi connectivity index (χ1) is 17.5. The van der Waals surface area contributed by atoms with Crippen molar-refractivity contribution >= 4 is 23.2 Å². The highest BCUT2D eigenvalue weighted by molar-refractivity contribution is 5.79. The van der Waals surface area contributed by atoms with Gasteiger partial charge in [0.15, 0.2) is 5.65 Å². The zero-order chi connectivity index (χ0) is 25.1. The van der Waals surface area contributed by atoms with E-state index < -0.39 is 11.0 Å². The zero-order valence-electron chi connectivity index (χ0n) is 19.8. The number of piperazine rings is 1. The van der Waals surface area contributed by atoms with Crippen LogP contribution in [0, 0.1) is 10.1 Å². The number of hydrogen-bond donors (Lipinski definition) is 0. The number of anilines is 1. The van der Waals surface area contributed by atoms with Crippen molar-refractivity contribution in [3.05, 3.63) is 76.9 Å². The van der Waals surface area contributed by atoms with Crippen LogP contribution < -0.4 is 9.64 Å². The van der Waals surface area contributed by atoms with Crippen LogP contribution in [-0.2, 0) is 6.42 Å². The van der Waals surface area contributed by atoms with Gasteiger partial charge in [-0.15, -0.1) is 0 Å². The molecule has 184 valence electrons. The molecular formula is C25H25N7O4. The average molecular weight is 488 g/mol. The quantitative estimate of drug-likeness (QED) is 0.296. The fourth-order valence-electron chi connectivity index (χ4n) is 4.26. The Balaban J connectivity index is 1.28. The van der Waals surface area contributed by atoms with Crippen LogP contribution in [0.3, 0.4) is 0 Å². The molecular weight excluding hydrogens is 462 g/mol. The molecule has 3 aromatic heterocycles. The Hall–Kier alpha value is -4.54. The number of hydrogen-bond acceptors (Lipinski definition) is 8. The van der Waals surface area contributed by atoms with E-state index >= 15 is 0 Å². The third-order valence-electron chi connectivity index (χ3n) is 6.14. The van der Waals surface area contributed by atoms with Gasteiger partial charge in [0.25, 0.3) is 5.69 Å². The van der Waals surface area contributed by atoms with Gasteiger partial charge in [-0.3, -0.25) is 15.1 Å². The first-order valence-electron chi connectivity index (χ1n) is 11.8. The highest BCUT2D eigenvalue weighted by Gasteiger charge is 2.24. The van der Waals surface area contributed by atoms with Crippen molar-refractivity contribution in [3.63, 3.8) is 0 Å². The molecule has 1 aliphatic rings. The minimum absolute atomic E-state index is 0.0562. The summed E-state index contributed by atoms with van der Waals surface area (Å²) >= 11 is 0. The van der Waals surface area contributed by atoms with E-state index in [-0.39, 0.29) is 11.4 Å². The molecule has 0 unspecified atom stereocenters. The molecule has 0 radical (unpaired) electrons. The Labute approximate surface area is 207 Å². The average Bonchev–Trinajstić information content (AvgIpc) is 3.33. The van der Waals surface area contributed by atoms with Crippen molar-refractivity contribution in [3.8, 4) is 16.9 Å². The summed E-state index contributed by atoms with van der Waals surface area (Å²) in [5.74, 6) is 1.08. The summed E-state index contributed by atoms with van der Waals surface area (Å²) in [7, 11) is 0. The summed E-state index contributed by atoms with van der Waals surface area (Å²) in [5, 5.41) is 15.3. The van der Waals surface area contributed by atoms with Crippen LogP contribution >= 0.6 is 0 Å². The monoisotopic (exact) mass is 487 g/mol. The summed E-state index contributed by atoms with van der Waals surface area (Å²) in [6.45, 7) is 4.25. The summed E-state index contributed by atoms with van der Waals surface area (Å²) in [5.41, 5.74) is 3.72. The molecule has 36 heavy (non-hydrogen) atoms. The topological polar surface area (TPSA) is 119 Å². The predicted molar refractivity (Wildman–Crippen MR) is 133 cm³/mol. The van der Waals surface area contributed by atoms with E-state index in [1.54, 1.807) is 9.42 Å². The Morgan fingerprint density at radius 3 is 2.58 bits per heavy atom. The molecule has 5 rings (SSSR count). The van der Waals surface area contributed by atoms with Gasteiger partial charge in [0.05, 0.1) is 11.1 Å². The van der Waals surface area contributed by atoms with Gasteiger partial charge in [0.1, 0.15) is 11.6 Å². The van der Waals surface area contributed by atoms with Crippen molar-refractivity contribution in [2.45, 2.75) is 19.8 Å². The second kappa shape index (κ2) is 9.98. The van der Waals surface area contributed by atoms with Crippen molar-refractivity contribution in [1.29, 1.82) is 0 Å². The van der Waals surface area contributed by atoms with Crippen LogP contribution in [0.5, 0.6) is 5.75 Å². The number of ether oxygens (including phenoxy) is 1. The van der Waals surface area contributed by atoms with Crippen LogP contribution in [0.25, 0.3) is 16.8 Å². The number of pyridine rings is 1. The molecule has 1 aromatic carbocycles. The number of rotatable bonds is 6. The second-order valence-electron chi connectivity index (χ2n) is 8.45. The molecule has 1 fully saturated rings. The van der Waals surface area contributed by atoms with E-state index in [0.29, 0.717) is 26.2 Å². The maximum atomic E-state index is 12.6. The van der Waals surface area contributed by atoms with E-state index in [4.69, 9.17) is 9.72 Å². The van der Waals surface area contributed by atoms with Crippen LogP contribution in [0.4, 0.5) is 16.3 Å². The maximum absolute atomic E-state index is 12.6. The van der Waals surface area contributed by atoms with Crippen molar-refractivity contribution in [2.75, 3.05) is 31.1 Å². The van der Waals surface area contributed by atoms with Gasteiger partial charge in [-0.1, -0.05) is 19.4 Å². The van der Waals surface area contributed by atoms with Crippen LogP contribution in [0.1, 0.15) is 19.0 Å². The number of carbonyl (C=O) groups is 1. The number of carbonyl (C=O) groups excluding carboxylic acids is 1. The molecule has 0 bridgehead atoms. The molecule has 4 heterocycles. The molecule has 0 aliphatic carbocycles. The van der Waals surface area contributed by atoms with Gasteiger partial charge in [0, 0.05) is 67.5 Å². The third-order valence-corrected chi connectivity index (χ3v) is 6.14. The number of fused-ring (bicyclic) bond motifs is 1. The fraction of sp³-hybridized carbons (Fsp3) is 0.280. The smallest absolute Gasteiger partial charge is 0.410 e. The molecule has 11 heteroatoms. The van der Waals surface area contributed by atoms with Gasteiger partial charge in [0.2, 0.25) is 0 Å². The van der Waals surface area contributed by atoms with Gasteiger partial charge in [-0.2, -0.15) is 5.10 Å². The predicted octanol–water partition coefficient (Wildman–Crippen LogP) is 3.97. The van der Waals surface area contributed by atoms with Crippen molar-refractivity contribution in [1.82, 2.24) is 24.5 Å². The zero-order valence-corrected chi connectivity index (χ0v) is 19.8. The normalized spacial score (nSPS) is 13.7. The summed E-state index contributed by atoms with van der Waals surface area (Å²) in [6, 6.07) is 11.4. The molecule has 0 spiro atoms. The van der Waals surface area contributed by atoms with E-state index in [1.807, 2.05) is 30.7 Å². The number of aromatic nitrogens is 4. The maximum Gasteiger partial charge on any atom is 0.415 e. The van der Waals surface area contributed by atoms with Crippen molar-refractivity contribution in [2.24, 2.45) is 0 Å². The molecule has 1 aliphatic heterocycles. The number of nitro groups is 1. The van der Waals surface area contributed by atoms with E-state index in [9.17, 15) is 14.9 Å². The molecule has 1 saturated heterocycles. The SMILES string of the molecule is CCCc1ncccc1-c1cnn2ccc(N3CCN(C(=O)Oc4ccc([N+](=O)[O-])cc4)CC3)nc12. The number of benzene rings is 1. The van der Waals surface area contributed by atoms with Gasteiger partial charge in [-0.05, 0) is 30.7 Å². The van der Waals surface area contributed by atoms with Crippen molar-refractivity contribution < 1.29 is 14.5 Å². The Kier molecular flexibility index (Phi) is 6.44. The highest BCUT2D eigenvalue weighted by atomic mass is 16.6. The summed E-state index contributed by atoms with van der Waals surface area (Å²) in [6.07, 6.45) is 6.93. The van der Waals surface area contributed by atoms with E-state index in [2.05, 4.69) is 28.0 Å².